The molecular formula is C9H11ClMg. The van der Waals surface area contributed by atoms with E-state index in [4.69, 9.17) is 0 Å². The largest absolute Gasteiger partial charge is 2.00 e. The van der Waals surface area contributed by atoms with Crippen LogP contribution in [0.15, 0.2) is 30.3 Å². The van der Waals surface area contributed by atoms with Crippen LogP contribution in [0.5, 0.6) is 0 Å². The maximum Gasteiger partial charge on any atom is 2.00 e. The SMILES string of the molecule is [CH2-][C@@H](C)c1ccccc1.[Cl-].[Mg+2]. The van der Waals surface area contributed by atoms with Crippen LogP contribution in [0.25, 0.3) is 0 Å². The molecule has 0 aliphatic carbocycles. The van der Waals surface area contributed by atoms with Crippen molar-refractivity contribution in [2.24, 2.45) is 0 Å². The number of halogens is 1. The van der Waals surface area contributed by atoms with E-state index in [1.165, 1.54) is 5.56 Å². The van der Waals surface area contributed by atoms with Crippen molar-refractivity contribution in [2.75, 3.05) is 0 Å². The standard InChI is InChI=1S/C9H11.ClH.Mg/c1-8(2)9-6-4-3-5-7-9;;/h3-8H,1H2,2H3;1H;/q-1;;+2/p-1/t8-;;/m0../s1. The molecule has 0 bridgehead atoms. The van der Waals surface area contributed by atoms with Gasteiger partial charge in [0.15, 0.2) is 0 Å². The van der Waals surface area contributed by atoms with Crippen LogP contribution in [0, 0.1) is 6.92 Å². The molecule has 0 aliphatic heterocycles. The van der Waals surface area contributed by atoms with Crippen molar-refractivity contribution in [1.29, 1.82) is 0 Å². The smallest absolute Gasteiger partial charge is 1.00 e. The van der Waals surface area contributed by atoms with Crippen molar-refractivity contribution >= 4 is 23.1 Å². The summed E-state index contributed by atoms with van der Waals surface area (Å²) in [6.45, 7) is 6.00. The van der Waals surface area contributed by atoms with Gasteiger partial charge in [0, 0.05) is 0 Å². The van der Waals surface area contributed by atoms with E-state index in [1.807, 2.05) is 18.2 Å². The van der Waals surface area contributed by atoms with E-state index in [-0.39, 0.29) is 35.5 Å². The van der Waals surface area contributed by atoms with Gasteiger partial charge in [-0.15, -0.1) is 5.92 Å². The first kappa shape index (κ1) is 13.8. The molecule has 0 radical (unpaired) electrons. The summed E-state index contributed by atoms with van der Waals surface area (Å²) < 4.78 is 0. The molecule has 0 unspecified atom stereocenters. The van der Waals surface area contributed by atoms with Gasteiger partial charge in [-0.05, 0) is 0 Å². The van der Waals surface area contributed by atoms with E-state index in [2.05, 4.69) is 26.0 Å². The summed E-state index contributed by atoms with van der Waals surface area (Å²) in [6.07, 6.45) is 0. The number of hydrogen-bond acceptors (Lipinski definition) is 0. The summed E-state index contributed by atoms with van der Waals surface area (Å²) in [7, 11) is 0. The van der Waals surface area contributed by atoms with Gasteiger partial charge >= 0.3 is 23.1 Å². The van der Waals surface area contributed by atoms with Crippen molar-refractivity contribution in [3.8, 4) is 0 Å². The Morgan fingerprint density at radius 3 is 1.91 bits per heavy atom. The Labute approximate surface area is 90.9 Å². The van der Waals surface area contributed by atoms with Crippen LogP contribution in [0.2, 0.25) is 0 Å². The van der Waals surface area contributed by atoms with Gasteiger partial charge in [-0.3, -0.25) is 0 Å². The van der Waals surface area contributed by atoms with Crippen molar-refractivity contribution in [3.63, 3.8) is 0 Å². The van der Waals surface area contributed by atoms with Crippen LogP contribution in [0.3, 0.4) is 0 Å². The summed E-state index contributed by atoms with van der Waals surface area (Å²) in [5.74, 6) is 0.409. The zero-order valence-electron chi connectivity index (χ0n) is 6.76. The third-order valence-electron chi connectivity index (χ3n) is 1.37. The zero-order chi connectivity index (χ0) is 6.69. The van der Waals surface area contributed by atoms with Crippen molar-refractivity contribution in [1.82, 2.24) is 0 Å². The van der Waals surface area contributed by atoms with Crippen LogP contribution in [-0.2, 0) is 0 Å². The molecule has 0 N–H and O–H groups in total. The molecule has 1 aromatic carbocycles. The Balaban J connectivity index is 0. The predicted molar refractivity (Wildman–Crippen MR) is 46.0 cm³/mol. The third kappa shape index (κ3) is 4.67. The van der Waals surface area contributed by atoms with E-state index in [0.29, 0.717) is 5.92 Å². The molecule has 0 amide bonds. The normalized spacial score (nSPS) is 10.7. The van der Waals surface area contributed by atoms with Crippen LogP contribution in [0.4, 0.5) is 0 Å². The molecular weight excluding hydrogens is 168 g/mol. The average molecular weight is 179 g/mol. The zero-order valence-corrected chi connectivity index (χ0v) is 8.93. The maximum atomic E-state index is 3.91. The van der Waals surface area contributed by atoms with E-state index in [1.54, 1.807) is 0 Å². The quantitative estimate of drug-likeness (QED) is 0.393. The molecule has 56 valence electrons. The molecule has 0 aliphatic rings. The van der Waals surface area contributed by atoms with Crippen molar-refractivity contribution in [3.05, 3.63) is 42.8 Å². The minimum Gasteiger partial charge on any atom is -1.00 e. The summed E-state index contributed by atoms with van der Waals surface area (Å²) in [6, 6.07) is 10.3. The number of hydrogen-bond donors (Lipinski definition) is 0. The van der Waals surface area contributed by atoms with Crippen LogP contribution in [0.1, 0.15) is 18.4 Å². The molecule has 0 aromatic heterocycles. The predicted octanol–water partition coefficient (Wildman–Crippen LogP) is -0.753. The minimum absolute atomic E-state index is 0. The van der Waals surface area contributed by atoms with Gasteiger partial charge in [0.25, 0.3) is 0 Å². The Morgan fingerprint density at radius 1 is 1.18 bits per heavy atom. The molecule has 0 nitrogen and oxygen atoms in total. The first-order chi connectivity index (χ1) is 4.30. The molecule has 1 atom stereocenters. The van der Waals surface area contributed by atoms with Gasteiger partial charge in [-0.1, -0.05) is 42.8 Å². The first-order valence-corrected chi connectivity index (χ1v) is 3.18. The van der Waals surface area contributed by atoms with E-state index >= 15 is 0 Å². The van der Waals surface area contributed by atoms with Crippen molar-refractivity contribution in [2.45, 2.75) is 12.8 Å². The summed E-state index contributed by atoms with van der Waals surface area (Å²) in [4.78, 5) is 0. The van der Waals surface area contributed by atoms with Gasteiger partial charge in [0.2, 0.25) is 0 Å². The third-order valence-corrected chi connectivity index (χ3v) is 1.37. The van der Waals surface area contributed by atoms with E-state index in [0.717, 1.165) is 0 Å². The van der Waals surface area contributed by atoms with Crippen LogP contribution < -0.4 is 12.4 Å². The van der Waals surface area contributed by atoms with Gasteiger partial charge in [0.1, 0.15) is 0 Å². The molecule has 0 saturated carbocycles. The monoisotopic (exact) mass is 178 g/mol. The van der Waals surface area contributed by atoms with Crippen LogP contribution >= 0.6 is 0 Å². The molecule has 1 rings (SSSR count). The molecule has 0 fully saturated rings. The molecule has 1 aromatic rings. The number of benzene rings is 1. The van der Waals surface area contributed by atoms with Gasteiger partial charge in [-0.25, -0.2) is 0 Å². The second-order valence-corrected chi connectivity index (χ2v) is 2.31. The molecule has 0 saturated heterocycles. The minimum atomic E-state index is 0. The molecule has 0 spiro atoms. The second kappa shape index (κ2) is 6.95. The van der Waals surface area contributed by atoms with Gasteiger partial charge < -0.3 is 19.3 Å². The Hall–Kier alpha value is 0.276. The van der Waals surface area contributed by atoms with E-state index in [9.17, 15) is 0 Å². The Bertz CT molecular complexity index is 172. The van der Waals surface area contributed by atoms with E-state index < -0.39 is 0 Å². The summed E-state index contributed by atoms with van der Waals surface area (Å²) in [5.41, 5.74) is 1.30. The number of rotatable bonds is 1. The van der Waals surface area contributed by atoms with Gasteiger partial charge in [-0.2, -0.15) is 0 Å². The van der Waals surface area contributed by atoms with Crippen LogP contribution in [-0.4, -0.2) is 23.1 Å². The maximum absolute atomic E-state index is 3.91. The first-order valence-electron chi connectivity index (χ1n) is 3.18. The topological polar surface area (TPSA) is 0 Å². The summed E-state index contributed by atoms with van der Waals surface area (Å²) in [5, 5.41) is 0. The fraction of sp³-hybridized carbons (Fsp3) is 0.222. The second-order valence-electron chi connectivity index (χ2n) is 2.31. The Morgan fingerprint density at radius 2 is 1.64 bits per heavy atom. The molecule has 11 heavy (non-hydrogen) atoms. The molecule has 0 heterocycles. The summed E-state index contributed by atoms with van der Waals surface area (Å²) >= 11 is 0. The Kier molecular flexibility index (Phi) is 8.75. The van der Waals surface area contributed by atoms with Gasteiger partial charge in [0.05, 0.1) is 0 Å². The average Bonchev–Trinajstić information content (AvgIpc) is 1.90. The fourth-order valence-electron chi connectivity index (χ4n) is 0.782. The fourth-order valence-corrected chi connectivity index (χ4v) is 0.782. The van der Waals surface area contributed by atoms with Crippen molar-refractivity contribution < 1.29 is 12.4 Å². The molecule has 2 heteroatoms.